The molecule has 7 heteroatoms. The van der Waals surface area contributed by atoms with Crippen molar-refractivity contribution in [1.82, 2.24) is 9.78 Å². The van der Waals surface area contributed by atoms with Crippen molar-refractivity contribution in [3.8, 4) is 6.07 Å². The highest BCUT2D eigenvalue weighted by Gasteiger charge is 2.26. The second kappa shape index (κ2) is 9.95. The number of aromatic nitrogens is 2. The molecular weight excluding hydrogens is 420 g/mol. The van der Waals surface area contributed by atoms with Crippen LogP contribution < -0.4 is 4.31 Å². The summed E-state index contributed by atoms with van der Waals surface area (Å²) in [4.78, 5) is 0.757. The van der Waals surface area contributed by atoms with Crippen LogP contribution in [0.2, 0.25) is 0 Å². The van der Waals surface area contributed by atoms with Crippen LogP contribution in [0.1, 0.15) is 37.8 Å². The molecule has 4 rings (SSSR count). The molecule has 32 heavy (non-hydrogen) atoms. The summed E-state index contributed by atoms with van der Waals surface area (Å²) in [6, 6.07) is 13.7. The Bertz CT molecular complexity index is 1110. The summed E-state index contributed by atoms with van der Waals surface area (Å²) in [5.74, 6) is 0.918. The number of benzene rings is 2. The van der Waals surface area contributed by atoms with Crippen LogP contribution in [0.5, 0.6) is 0 Å². The van der Waals surface area contributed by atoms with E-state index in [9.17, 15) is 9.81 Å². The van der Waals surface area contributed by atoms with Crippen molar-refractivity contribution in [3.63, 3.8) is 0 Å². The van der Waals surface area contributed by atoms with Crippen molar-refractivity contribution in [2.45, 2.75) is 45.1 Å². The topological polar surface area (TPSA) is 77.1 Å². The number of rotatable bonds is 7. The van der Waals surface area contributed by atoms with Crippen molar-refractivity contribution >= 4 is 28.0 Å². The van der Waals surface area contributed by atoms with Crippen molar-refractivity contribution in [1.29, 1.82) is 5.26 Å². The van der Waals surface area contributed by atoms with Gasteiger partial charge < -0.3 is 9.29 Å². The first-order valence-corrected chi connectivity index (χ1v) is 12.3. The van der Waals surface area contributed by atoms with Gasteiger partial charge in [0.15, 0.2) is 4.90 Å². The third kappa shape index (κ3) is 4.93. The molecule has 1 atom stereocenters. The van der Waals surface area contributed by atoms with Gasteiger partial charge in [-0.05, 0) is 67.5 Å². The SMILES string of the molecule is Cc1cc(C#N)ccc1N(CC(C)C)[S+]([O-])c1ccc2c(cnn2CC2CCOCC2)c1. The molecular formula is C25H30N4O2S. The summed E-state index contributed by atoms with van der Waals surface area (Å²) >= 11 is -1.37. The first-order chi connectivity index (χ1) is 15.5. The molecule has 1 aliphatic rings. The molecule has 1 aromatic heterocycles. The van der Waals surface area contributed by atoms with Gasteiger partial charge in [-0.3, -0.25) is 4.68 Å². The number of fused-ring (bicyclic) bond motifs is 1. The molecule has 0 aliphatic carbocycles. The van der Waals surface area contributed by atoms with Crippen LogP contribution in [-0.4, -0.2) is 34.1 Å². The Hall–Kier alpha value is -2.53. The minimum atomic E-state index is -1.37. The summed E-state index contributed by atoms with van der Waals surface area (Å²) in [7, 11) is 0. The number of hydrogen-bond donors (Lipinski definition) is 0. The van der Waals surface area contributed by atoms with Gasteiger partial charge in [-0.1, -0.05) is 13.8 Å². The maximum absolute atomic E-state index is 13.7. The third-order valence-corrected chi connectivity index (χ3v) is 7.32. The molecule has 2 heterocycles. The number of nitrogens with zero attached hydrogens (tertiary/aromatic N) is 4. The van der Waals surface area contributed by atoms with Crippen LogP contribution in [-0.2, 0) is 22.6 Å². The molecule has 1 fully saturated rings. The number of hydrogen-bond acceptors (Lipinski definition) is 5. The molecule has 3 aromatic rings. The summed E-state index contributed by atoms with van der Waals surface area (Å²) in [5.41, 5.74) is 3.52. The first-order valence-electron chi connectivity index (χ1n) is 11.2. The van der Waals surface area contributed by atoms with Crippen LogP contribution in [0.4, 0.5) is 5.69 Å². The van der Waals surface area contributed by atoms with Gasteiger partial charge >= 0.3 is 0 Å². The van der Waals surface area contributed by atoms with Crippen LogP contribution in [0.3, 0.4) is 0 Å². The molecule has 0 saturated carbocycles. The maximum Gasteiger partial charge on any atom is 0.180 e. The van der Waals surface area contributed by atoms with E-state index in [4.69, 9.17) is 4.74 Å². The second-order valence-electron chi connectivity index (χ2n) is 8.92. The molecule has 0 spiro atoms. The van der Waals surface area contributed by atoms with Crippen molar-refractivity contribution in [2.75, 3.05) is 24.1 Å². The lowest BCUT2D eigenvalue weighted by molar-refractivity contribution is 0.0605. The van der Waals surface area contributed by atoms with Crippen molar-refractivity contribution in [3.05, 3.63) is 53.7 Å². The van der Waals surface area contributed by atoms with Gasteiger partial charge in [0.1, 0.15) is 11.4 Å². The van der Waals surface area contributed by atoms with E-state index in [2.05, 4.69) is 29.7 Å². The van der Waals surface area contributed by atoms with E-state index in [0.29, 0.717) is 23.9 Å². The highest BCUT2D eigenvalue weighted by atomic mass is 32.2. The average molecular weight is 451 g/mol. The van der Waals surface area contributed by atoms with Crippen LogP contribution in [0.25, 0.3) is 10.9 Å². The summed E-state index contributed by atoms with van der Waals surface area (Å²) < 4.78 is 23.2. The Morgan fingerprint density at radius 2 is 2.03 bits per heavy atom. The Kier molecular flexibility index (Phi) is 7.04. The Balaban J connectivity index is 1.61. The lowest BCUT2D eigenvalue weighted by Gasteiger charge is -2.28. The molecule has 0 N–H and O–H groups in total. The summed E-state index contributed by atoms with van der Waals surface area (Å²) in [6.07, 6.45) is 4.00. The van der Waals surface area contributed by atoms with E-state index >= 15 is 0 Å². The highest BCUT2D eigenvalue weighted by Crippen LogP contribution is 2.30. The summed E-state index contributed by atoms with van der Waals surface area (Å²) in [5, 5.41) is 14.8. The normalized spacial score (nSPS) is 15.8. The van der Waals surface area contributed by atoms with Crippen LogP contribution in [0, 0.1) is 30.1 Å². The van der Waals surface area contributed by atoms with E-state index in [0.717, 1.165) is 59.6 Å². The largest absolute Gasteiger partial charge is 0.588 e. The predicted molar refractivity (Wildman–Crippen MR) is 128 cm³/mol. The van der Waals surface area contributed by atoms with Crippen molar-refractivity contribution in [2.24, 2.45) is 11.8 Å². The fourth-order valence-corrected chi connectivity index (χ4v) is 5.70. The number of aryl methyl sites for hydroxylation is 1. The zero-order valence-electron chi connectivity index (χ0n) is 19.0. The van der Waals surface area contributed by atoms with E-state index < -0.39 is 11.4 Å². The third-order valence-electron chi connectivity index (χ3n) is 5.91. The number of anilines is 1. The Morgan fingerprint density at radius 1 is 1.25 bits per heavy atom. The zero-order valence-corrected chi connectivity index (χ0v) is 19.8. The first kappa shape index (κ1) is 22.7. The molecule has 0 amide bonds. The summed E-state index contributed by atoms with van der Waals surface area (Å²) in [6.45, 7) is 9.39. The van der Waals surface area contributed by atoms with E-state index in [-0.39, 0.29) is 0 Å². The van der Waals surface area contributed by atoms with Crippen LogP contribution >= 0.6 is 0 Å². The van der Waals surface area contributed by atoms with Gasteiger partial charge in [0, 0.05) is 31.2 Å². The Morgan fingerprint density at radius 3 is 2.72 bits per heavy atom. The van der Waals surface area contributed by atoms with E-state index in [1.165, 1.54) is 0 Å². The lowest BCUT2D eigenvalue weighted by Crippen LogP contribution is -2.34. The van der Waals surface area contributed by atoms with E-state index in [1.807, 2.05) is 47.8 Å². The molecule has 1 saturated heterocycles. The zero-order chi connectivity index (χ0) is 22.7. The second-order valence-corrected chi connectivity index (χ2v) is 10.3. The molecule has 168 valence electrons. The molecule has 1 unspecified atom stereocenters. The average Bonchev–Trinajstić information content (AvgIpc) is 3.19. The maximum atomic E-state index is 13.7. The molecule has 1 aliphatic heterocycles. The smallest absolute Gasteiger partial charge is 0.180 e. The quantitative estimate of drug-likeness (QED) is 0.482. The minimum absolute atomic E-state index is 0.333. The number of ether oxygens (including phenoxy) is 1. The molecule has 6 nitrogen and oxygen atoms in total. The van der Waals surface area contributed by atoms with Gasteiger partial charge in [-0.25, -0.2) is 0 Å². The lowest BCUT2D eigenvalue weighted by atomic mass is 10.0. The molecule has 0 bridgehead atoms. The van der Waals surface area contributed by atoms with Gasteiger partial charge in [0.2, 0.25) is 0 Å². The van der Waals surface area contributed by atoms with Crippen molar-refractivity contribution < 1.29 is 9.29 Å². The molecule has 0 radical (unpaired) electrons. The van der Waals surface area contributed by atoms with Gasteiger partial charge in [0.25, 0.3) is 0 Å². The van der Waals surface area contributed by atoms with E-state index in [1.54, 1.807) is 6.07 Å². The molecule has 2 aromatic carbocycles. The monoisotopic (exact) mass is 450 g/mol. The minimum Gasteiger partial charge on any atom is -0.588 e. The van der Waals surface area contributed by atoms with Gasteiger partial charge in [-0.15, -0.1) is 0 Å². The predicted octanol–water partition coefficient (Wildman–Crippen LogP) is 4.83. The van der Waals surface area contributed by atoms with Gasteiger partial charge in [0.05, 0.1) is 35.6 Å². The highest BCUT2D eigenvalue weighted by molar-refractivity contribution is 7.92. The number of nitriles is 1. The fraction of sp³-hybridized carbons (Fsp3) is 0.440. The fourth-order valence-electron chi connectivity index (χ4n) is 4.21. The Labute approximate surface area is 193 Å². The standard InChI is InChI=1S/C25H30N4O2S/c1-18(2)16-29(24-6-4-21(14-26)12-19(24)3)32(30)23-5-7-25-22(13-23)15-27-28(25)17-20-8-10-31-11-9-20/h4-7,12-13,15,18,20H,8-11,16-17H2,1-3H3. The van der Waals surface area contributed by atoms with Gasteiger partial charge in [-0.2, -0.15) is 14.7 Å². The van der Waals surface area contributed by atoms with Crippen LogP contribution in [0.15, 0.2) is 47.5 Å².